The first-order valence-electron chi connectivity index (χ1n) is 8.70. The van der Waals surface area contributed by atoms with Gasteiger partial charge >= 0.3 is 0 Å². The summed E-state index contributed by atoms with van der Waals surface area (Å²) in [5.41, 5.74) is 2.12. The number of carbonyl (C=O) groups excluding carboxylic acids is 1. The molecule has 3 aromatic rings. The molecule has 1 saturated heterocycles. The minimum Gasteiger partial charge on any atom is -0.480 e. The van der Waals surface area contributed by atoms with E-state index in [1.807, 2.05) is 35.4 Å². The number of hydrogen-bond donors (Lipinski definition) is 1. The van der Waals surface area contributed by atoms with Crippen LogP contribution in [0.4, 0.5) is 5.82 Å². The molecular weight excluding hydrogens is 330 g/mol. The third kappa shape index (κ3) is 3.20. The average molecular weight is 351 g/mol. The van der Waals surface area contributed by atoms with E-state index in [0.717, 1.165) is 35.4 Å². The Hall–Kier alpha value is -3.09. The largest absolute Gasteiger partial charge is 0.480 e. The Morgan fingerprint density at radius 1 is 1.12 bits per heavy atom. The van der Waals surface area contributed by atoms with Crippen LogP contribution in [0, 0.1) is 0 Å². The molecule has 0 spiro atoms. The molecule has 7 heteroatoms. The molecule has 0 saturated carbocycles. The number of nitrogens with one attached hydrogen (secondary N) is 1. The lowest BCUT2D eigenvalue weighted by Crippen LogP contribution is -2.49. The zero-order chi connectivity index (χ0) is 17.9. The van der Waals surface area contributed by atoms with Gasteiger partial charge in [0.05, 0.1) is 13.5 Å². The Kier molecular flexibility index (Phi) is 4.43. The Bertz CT molecular complexity index is 898. The van der Waals surface area contributed by atoms with Gasteiger partial charge in [0.25, 0.3) is 0 Å². The van der Waals surface area contributed by atoms with Crippen LogP contribution in [-0.4, -0.2) is 59.3 Å². The summed E-state index contributed by atoms with van der Waals surface area (Å²) in [6.45, 7) is 2.88. The van der Waals surface area contributed by atoms with Gasteiger partial charge < -0.3 is 19.5 Å². The quantitative estimate of drug-likeness (QED) is 0.777. The number of methoxy groups -OCH3 is 1. The molecular formula is C19H21N5O2. The molecule has 1 aliphatic rings. The predicted molar refractivity (Wildman–Crippen MR) is 99.4 cm³/mol. The third-order valence-electron chi connectivity index (χ3n) is 4.81. The average Bonchev–Trinajstić information content (AvgIpc) is 3.11. The van der Waals surface area contributed by atoms with Gasteiger partial charge in [0.15, 0.2) is 5.82 Å². The number of rotatable bonds is 4. The van der Waals surface area contributed by atoms with E-state index in [9.17, 15) is 4.79 Å². The van der Waals surface area contributed by atoms with E-state index in [0.29, 0.717) is 25.4 Å². The van der Waals surface area contributed by atoms with Crippen molar-refractivity contribution in [3.05, 3.63) is 48.2 Å². The number of ether oxygens (including phenoxy) is 1. The van der Waals surface area contributed by atoms with Crippen molar-refractivity contribution in [1.82, 2.24) is 20.1 Å². The number of carbonyl (C=O) groups is 1. The zero-order valence-corrected chi connectivity index (χ0v) is 14.7. The van der Waals surface area contributed by atoms with Gasteiger partial charge in [-0.1, -0.05) is 18.2 Å². The second-order valence-corrected chi connectivity index (χ2v) is 6.34. The predicted octanol–water partition coefficient (Wildman–Crippen LogP) is 1.86. The van der Waals surface area contributed by atoms with Crippen molar-refractivity contribution in [3.8, 4) is 5.88 Å². The number of aromatic nitrogens is 3. The van der Waals surface area contributed by atoms with E-state index in [4.69, 9.17) is 4.74 Å². The first-order valence-corrected chi connectivity index (χ1v) is 8.70. The molecule has 1 fully saturated rings. The Balaban J connectivity index is 1.37. The smallest absolute Gasteiger partial charge is 0.233 e. The topological polar surface area (TPSA) is 74.3 Å². The fourth-order valence-electron chi connectivity index (χ4n) is 3.33. The van der Waals surface area contributed by atoms with Crippen molar-refractivity contribution in [3.63, 3.8) is 0 Å². The summed E-state index contributed by atoms with van der Waals surface area (Å²) in [5, 5.41) is 9.31. The number of benzene rings is 1. The van der Waals surface area contributed by atoms with Crippen molar-refractivity contribution >= 4 is 22.6 Å². The molecule has 26 heavy (non-hydrogen) atoms. The van der Waals surface area contributed by atoms with E-state index >= 15 is 0 Å². The Morgan fingerprint density at radius 2 is 1.92 bits per heavy atom. The van der Waals surface area contributed by atoms with Crippen LogP contribution in [0.15, 0.2) is 42.6 Å². The van der Waals surface area contributed by atoms with Gasteiger partial charge in [-0.15, -0.1) is 10.2 Å². The summed E-state index contributed by atoms with van der Waals surface area (Å²) in [7, 11) is 1.57. The lowest BCUT2D eigenvalue weighted by molar-refractivity contribution is -0.130. The number of anilines is 1. The SMILES string of the molecule is COc1ccc(N2CCN(C(=O)Cc3c[nH]c4ccccc34)CC2)nn1. The standard InChI is InChI=1S/C19H21N5O2/c1-26-18-7-6-17(21-22-18)23-8-10-24(11-9-23)19(25)12-14-13-20-16-5-3-2-4-15(14)16/h2-7,13,20H,8-12H2,1H3. The van der Waals surface area contributed by atoms with Gasteiger partial charge in [0.2, 0.25) is 11.8 Å². The highest BCUT2D eigenvalue weighted by atomic mass is 16.5. The van der Waals surface area contributed by atoms with Crippen molar-refractivity contribution in [2.75, 3.05) is 38.2 Å². The van der Waals surface area contributed by atoms with E-state index in [1.54, 1.807) is 13.2 Å². The highest BCUT2D eigenvalue weighted by molar-refractivity contribution is 5.89. The monoisotopic (exact) mass is 351 g/mol. The number of fused-ring (bicyclic) bond motifs is 1. The second-order valence-electron chi connectivity index (χ2n) is 6.34. The maximum absolute atomic E-state index is 12.7. The first-order chi connectivity index (χ1) is 12.7. The van der Waals surface area contributed by atoms with Crippen LogP contribution < -0.4 is 9.64 Å². The molecule has 7 nitrogen and oxygen atoms in total. The van der Waals surface area contributed by atoms with Crippen LogP contribution in [0.1, 0.15) is 5.56 Å². The normalized spacial score (nSPS) is 14.7. The van der Waals surface area contributed by atoms with Crippen LogP contribution in [0.25, 0.3) is 10.9 Å². The number of amides is 1. The Labute approximate surface area is 151 Å². The number of aromatic amines is 1. The number of para-hydroxylation sites is 1. The van der Waals surface area contributed by atoms with Gasteiger partial charge in [0.1, 0.15) is 0 Å². The lowest BCUT2D eigenvalue weighted by atomic mass is 10.1. The molecule has 134 valence electrons. The van der Waals surface area contributed by atoms with Gasteiger partial charge in [-0.2, -0.15) is 0 Å². The maximum atomic E-state index is 12.7. The molecule has 2 aromatic heterocycles. The number of nitrogens with zero attached hydrogens (tertiary/aromatic N) is 4. The molecule has 4 rings (SSSR count). The second kappa shape index (κ2) is 7.03. The van der Waals surface area contributed by atoms with E-state index in [1.165, 1.54) is 0 Å². The van der Waals surface area contributed by atoms with Crippen LogP contribution in [0.2, 0.25) is 0 Å². The van der Waals surface area contributed by atoms with E-state index < -0.39 is 0 Å². The zero-order valence-electron chi connectivity index (χ0n) is 14.7. The first kappa shape index (κ1) is 16.4. The molecule has 3 heterocycles. The van der Waals surface area contributed by atoms with Gasteiger partial charge in [-0.05, 0) is 17.7 Å². The van der Waals surface area contributed by atoms with Crippen molar-refractivity contribution in [2.24, 2.45) is 0 Å². The minimum atomic E-state index is 0.162. The molecule has 0 aliphatic carbocycles. The summed E-state index contributed by atoms with van der Waals surface area (Å²) < 4.78 is 5.04. The summed E-state index contributed by atoms with van der Waals surface area (Å²) in [6.07, 6.45) is 2.36. The van der Waals surface area contributed by atoms with Crippen LogP contribution in [-0.2, 0) is 11.2 Å². The lowest BCUT2D eigenvalue weighted by Gasteiger charge is -2.35. The molecule has 1 aliphatic heterocycles. The number of piperazine rings is 1. The highest BCUT2D eigenvalue weighted by Gasteiger charge is 2.23. The van der Waals surface area contributed by atoms with Crippen molar-refractivity contribution in [2.45, 2.75) is 6.42 Å². The molecule has 0 unspecified atom stereocenters. The highest BCUT2D eigenvalue weighted by Crippen LogP contribution is 2.20. The van der Waals surface area contributed by atoms with Crippen molar-refractivity contribution < 1.29 is 9.53 Å². The number of hydrogen-bond acceptors (Lipinski definition) is 5. The molecule has 1 aromatic carbocycles. The summed E-state index contributed by atoms with van der Waals surface area (Å²) in [6, 6.07) is 11.8. The molecule has 1 N–H and O–H groups in total. The summed E-state index contributed by atoms with van der Waals surface area (Å²) in [4.78, 5) is 20.0. The third-order valence-corrected chi connectivity index (χ3v) is 4.81. The van der Waals surface area contributed by atoms with Crippen LogP contribution >= 0.6 is 0 Å². The Morgan fingerprint density at radius 3 is 2.65 bits per heavy atom. The molecule has 0 bridgehead atoms. The van der Waals surface area contributed by atoms with Crippen molar-refractivity contribution in [1.29, 1.82) is 0 Å². The van der Waals surface area contributed by atoms with Gasteiger partial charge in [-0.3, -0.25) is 4.79 Å². The van der Waals surface area contributed by atoms with Gasteiger partial charge in [0, 0.05) is 49.3 Å². The van der Waals surface area contributed by atoms with Crippen LogP contribution in [0.3, 0.4) is 0 Å². The fourth-order valence-corrected chi connectivity index (χ4v) is 3.33. The molecule has 0 atom stereocenters. The fraction of sp³-hybridized carbons (Fsp3) is 0.316. The molecule has 1 amide bonds. The number of H-pyrrole nitrogens is 1. The van der Waals surface area contributed by atoms with E-state index in [2.05, 4.69) is 26.1 Å². The van der Waals surface area contributed by atoms with Gasteiger partial charge in [-0.25, -0.2) is 0 Å². The van der Waals surface area contributed by atoms with E-state index in [-0.39, 0.29) is 5.91 Å². The maximum Gasteiger partial charge on any atom is 0.233 e. The summed E-state index contributed by atoms with van der Waals surface area (Å²) >= 11 is 0. The summed E-state index contributed by atoms with van der Waals surface area (Å²) in [5.74, 6) is 1.48. The van der Waals surface area contributed by atoms with Crippen LogP contribution in [0.5, 0.6) is 5.88 Å². The molecule has 0 radical (unpaired) electrons. The minimum absolute atomic E-state index is 0.162.